The number of aromatic nitrogens is 3. The number of benzene rings is 1. The van der Waals surface area contributed by atoms with Crippen LogP contribution >= 0.6 is 0 Å². The lowest BCUT2D eigenvalue weighted by molar-refractivity contribution is -0.118. The van der Waals surface area contributed by atoms with Crippen LogP contribution in [-0.2, 0) is 4.79 Å². The van der Waals surface area contributed by atoms with Crippen molar-refractivity contribution in [3.05, 3.63) is 59.3 Å². The van der Waals surface area contributed by atoms with Gasteiger partial charge in [0.25, 0.3) is 0 Å². The highest BCUT2D eigenvalue weighted by molar-refractivity contribution is 5.94. The van der Waals surface area contributed by atoms with Crippen molar-refractivity contribution in [1.29, 1.82) is 0 Å². The second-order valence-corrected chi connectivity index (χ2v) is 4.73. The predicted molar refractivity (Wildman–Crippen MR) is 80.1 cm³/mol. The van der Waals surface area contributed by atoms with Crippen LogP contribution < -0.4 is 10.7 Å². The number of H-pyrrole nitrogens is 1. The van der Waals surface area contributed by atoms with Gasteiger partial charge in [0.05, 0.1) is 17.4 Å². The molecule has 0 saturated carbocycles. The summed E-state index contributed by atoms with van der Waals surface area (Å²) >= 11 is 0. The lowest BCUT2D eigenvalue weighted by atomic mass is 10.2. The maximum Gasteiger partial charge on any atom is 0.247 e. The van der Waals surface area contributed by atoms with Crippen LogP contribution in [0.15, 0.2) is 53.8 Å². The zero-order chi connectivity index (χ0) is 14.8. The van der Waals surface area contributed by atoms with Crippen molar-refractivity contribution >= 4 is 22.6 Å². The van der Waals surface area contributed by atoms with E-state index in [-0.39, 0.29) is 17.0 Å². The number of carbonyl (C=O) groups is 1. The van der Waals surface area contributed by atoms with E-state index in [0.29, 0.717) is 0 Å². The molecule has 1 atom stereocenters. The van der Waals surface area contributed by atoms with E-state index in [1.54, 1.807) is 17.8 Å². The molecule has 1 aromatic carbocycles. The van der Waals surface area contributed by atoms with E-state index in [0.717, 1.165) is 11.0 Å². The molecule has 0 unspecified atom stereocenters. The number of hydrogen-bond acceptors (Lipinski definition) is 3. The Morgan fingerprint density at radius 1 is 1.33 bits per heavy atom. The first-order valence-corrected chi connectivity index (χ1v) is 6.56. The monoisotopic (exact) mass is 282 g/mol. The molecule has 106 valence electrons. The predicted octanol–water partition coefficient (Wildman–Crippen LogP) is 1.92. The number of carbonyl (C=O) groups excluding carboxylic acids is 1. The molecular formula is C15H14N4O2. The third kappa shape index (κ3) is 2.43. The Labute approximate surface area is 120 Å². The summed E-state index contributed by atoms with van der Waals surface area (Å²) in [7, 11) is 0. The highest BCUT2D eigenvalue weighted by Gasteiger charge is 2.17. The quantitative estimate of drug-likeness (QED) is 0.770. The number of fused-ring (bicyclic) bond motifs is 1. The highest BCUT2D eigenvalue weighted by Crippen LogP contribution is 2.18. The van der Waals surface area contributed by atoms with E-state index in [9.17, 15) is 9.59 Å². The minimum Gasteiger partial charge on any atom is -0.366 e. The van der Waals surface area contributed by atoms with Gasteiger partial charge < -0.3 is 14.9 Å². The summed E-state index contributed by atoms with van der Waals surface area (Å²) in [6.45, 7) is 1.76. The van der Waals surface area contributed by atoms with Crippen LogP contribution in [0.3, 0.4) is 0 Å². The Bertz CT molecular complexity index is 850. The van der Waals surface area contributed by atoms with Crippen LogP contribution in [0.1, 0.15) is 13.0 Å². The number of aromatic amines is 1. The van der Waals surface area contributed by atoms with Gasteiger partial charge in [-0.1, -0.05) is 12.1 Å². The van der Waals surface area contributed by atoms with Gasteiger partial charge in [0.1, 0.15) is 11.7 Å². The Balaban J connectivity index is 1.88. The fourth-order valence-corrected chi connectivity index (χ4v) is 2.16. The molecule has 0 bridgehead atoms. The zero-order valence-electron chi connectivity index (χ0n) is 11.4. The van der Waals surface area contributed by atoms with Crippen LogP contribution in [0.5, 0.6) is 0 Å². The van der Waals surface area contributed by atoms with Gasteiger partial charge >= 0.3 is 0 Å². The van der Waals surface area contributed by atoms with Crippen LogP contribution in [0.4, 0.5) is 5.69 Å². The molecule has 21 heavy (non-hydrogen) atoms. The number of amides is 1. The third-order valence-corrected chi connectivity index (χ3v) is 3.36. The Morgan fingerprint density at radius 2 is 2.14 bits per heavy atom. The summed E-state index contributed by atoms with van der Waals surface area (Å²) in [6.07, 6.45) is 4.62. The van der Waals surface area contributed by atoms with Gasteiger partial charge in [0, 0.05) is 18.5 Å². The van der Waals surface area contributed by atoms with E-state index < -0.39 is 6.04 Å². The molecule has 0 fully saturated rings. The summed E-state index contributed by atoms with van der Waals surface area (Å²) in [5, 5.41) is 2.63. The van der Waals surface area contributed by atoms with Crippen molar-refractivity contribution < 1.29 is 4.79 Å². The average Bonchev–Trinajstić information content (AvgIpc) is 2.92. The Hall–Kier alpha value is -2.89. The standard InChI is InChI=1S/C15H14N4O2/c1-10(15(21)18-12-8-16-7-6-14(12)20)19-9-17-11-4-2-3-5-13(11)19/h2-10H,1H3,(H,16,20)(H,18,21)/t10-/m1/s1. The van der Waals surface area contributed by atoms with Gasteiger partial charge in [-0.05, 0) is 19.1 Å². The molecule has 2 heterocycles. The summed E-state index contributed by atoms with van der Waals surface area (Å²) in [5.74, 6) is -0.269. The van der Waals surface area contributed by atoms with E-state index in [2.05, 4.69) is 15.3 Å². The molecule has 0 spiro atoms. The third-order valence-electron chi connectivity index (χ3n) is 3.36. The number of rotatable bonds is 3. The van der Waals surface area contributed by atoms with Gasteiger partial charge in [-0.3, -0.25) is 9.59 Å². The molecule has 0 aliphatic rings. The number of anilines is 1. The van der Waals surface area contributed by atoms with Gasteiger partial charge in [-0.2, -0.15) is 0 Å². The molecule has 0 radical (unpaired) electrons. The summed E-state index contributed by atoms with van der Waals surface area (Å²) in [6, 6.07) is 8.48. The first-order valence-electron chi connectivity index (χ1n) is 6.56. The topological polar surface area (TPSA) is 79.8 Å². The van der Waals surface area contributed by atoms with Crippen molar-refractivity contribution in [2.45, 2.75) is 13.0 Å². The van der Waals surface area contributed by atoms with E-state index in [4.69, 9.17) is 0 Å². The molecule has 0 aliphatic heterocycles. The summed E-state index contributed by atoms with van der Waals surface area (Å²) in [4.78, 5) is 31.0. The lowest BCUT2D eigenvalue weighted by Gasteiger charge is -2.14. The van der Waals surface area contributed by atoms with Crippen molar-refractivity contribution in [1.82, 2.24) is 14.5 Å². The molecule has 2 aromatic heterocycles. The minimum absolute atomic E-state index is 0.232. The summed E-state index contributed by atoms with van der Waals surface area (Å²) in [5.41, 5.74) is 1.71. The largest absolute Gasteiger partial charge is 0.366 e. The van der Waals surface area contributed by atoms with E-state index >= 15 is 0 Å². The van der Waals surface area contributed by atoms with Crippen LogP contribution in [0.2, 0.25) is 0 Å². The number of hydrogen-bond donors (Lipinski definition) is 2. The maximum absolute atomic E-state index is 12.3. The average molecular weight is 282 g/mol. The van der Waals surface area contributed by atoms with Crippen LogP contribution in [0, 0.1) is 0 Å². The number of para-hydroxylation sites is 2. The Kier molecular flexibility index (Phi) is 3.27. The first kappa shape index (κ1) is 13.1. The summed E-state index contributed by atoms with van der Waals surface area (Å²) < 4.78 is 1.78. The molecule has 0 saturated heterocycles. The van der Waals surface area contributed by atoms with Crippen molar-refractivity contribution in [2.24, 2.45) is 0 Å². The van der Waals surface area contributed by atoms with Crippen LogP contribution in [0.25, 0.3) is 11.0 Å². The first-order chi connectivity index (χ1) is 10.2. The SMILES string of the molecule is C[C@H](C(=O)Nc1c[nH]ccc1=O)n1cnc2ccccc21. The molecular weight excluding hydrogens is 268 g/mol. The van der Waals surface area contributed by atoms with Gasteiger partial charge in [-0.25, -0.2) is 4.98 Å². The fourth-order valence-electron chi connectivity index (χ4n) is 2.16. The van der Waals surface area contributed by atoms with Gasteiger partial charge in [-0.15, -0.1) is 0 Å². The Morgan fingerprint density at radius 3 is 2.95 bits per heavy atom. The van der Waals surface area contributed by atoms with Gasteiger partial charge in [0.15, 0.2) is 0 Å². The fraction of sp³-hybridized carbons (Fsp3) is 0.133. The number of pyridine rings is 1. The minimum atomic E-state index is -0.475. The number of nitrogens with zero attached hydrogens (tertiary/aromatic N) is 2. The number of imidazole rings is 1. The molecule has 3 aromatic rings. The van der Waals surface area contributed by atoms with Crippen molar-refractivity contribution in [3.8, 4) is 0 Å². The molecule has 3 rings (SSSR count). The second-order valence-electron chi connectivity index (χ2n) is 4.73. The van der Waals surface area contributed by atoms with E-state index in [1.165, 1.54) is 18.5 Å². The molecule has 2 N–H and O–H groups in total. The zero-order valence-corrected chi connectivity index (χ0v) is 11.4. The lowest BCUT2D eigenvalue weighted by Crippen LogP contribution is -2.25. The maximum atomic E-state index is 12.3. The van der Waals surface area contributed by atoms with Crippen molar-refractivity contribution in [2.75, 3.05) is 5.32 Å². The van der Waals surface area contributed by atoms with Crippen molar-refractivity contribution in [3.63, 3.8) is 0 Å². The highest BCUT2D eigenvalue weighted by atomic mass is 16.2. The molecule has 0 aliphatic carbocycles. The van der Waals surface area contributed by atoms with E-state index in [1.807, 2.05) is 24.3 Å². The normalized spacial score (nSPS) is 12.2. The molecule has 6 nitrogen and oxygen atoms in total. The van der Waals surface area contributed by atoms with Gasteiger partial charge in [0.2, 0.25) is 11.3 Å². The molecule has 1 amide bonds. The smallest absolute Gasteiger partial charge is 0.247 e. The van der Waals surface area contributed by atoms with Crippen LogP contribution in [-0.4, -0.2) is 20.4 Å². The molecule has 6 heteroatoms. The number of nitrogens with one attached hydrogen (secondary N) is 2. The second kappa shape index (κ2) is 5.24.